The van der Waals surface area contributed by atoms with Gasteiger partial charge in [0.2, 0.25) is 0 Å². The number of aryl methyl sites for hydroxylation is 1. The van der Waals surface area contributed by atoms with Crippen LogP contribution in [0, 0.1) is 23.0 Å². The number of nitrogens with one attached hydrogen (secondary N) is 1. The number of rotatable bonds is 4. The smallest absolute Gasteiger partial charge is 0.273 e. The highest BCUT2D eigenvalue weighted by Crippen LogP contribution is 2.27. The van der Waals surface area contributed by atoms with Crippen molar-refractivity contribution in [3.63, 3.8) is 0 Å². The second-order valence-corrected chi connectivity index (χ2v) is 5.49. The Morgan fingerprint density at radius 2 is 2.25 bits per heavy atom. The number of carbonyl (C=O) groups is 1. The molecule has 0 aliphatic heterocycles. The van der Waals surface area contributed by atoms with Crippen molar-refractivity contribution < 1.29 is 9.72 Å². The molecule has 108 valence electrons. The van der Waals surface area contributed by atoms with Gasteiger partial charge in [-0.05, 0) is 31.7 Å². The zero-order valence-corrected chi connectivity index (χ0v) is 12.0. The molecular weight excluding hydrogens is 280 g/mol. The second kappa shape index (κ2) is 6.22. The lowest BCUT2D eigenvalue weighted by Crippen LogP contribution is -2.37. The molecule has 1 fully saturated rings. The molecule has 1 aromatic carbocycles. The van der Waals surface area contributed by atoms with Gasteiger partial charge >= 0.3 is 0 Å². The lowest BCUT2D eigenvalue weighted by atomic mass is 10.0. The van der Waals surface area contributed by atoms with Crippen LogP contribution in [-0.4, -0.2) is 22.8 Å². The fourth-order valence-corrected chi connectivity index (χ4v) is 2.98. The van der Waals surface area contributed by atoms with E-state index in [0.29, 0.717) is 22.9 Å². The summed E-state index contributed by atoms with van der Waals surface area (Å²) >= 11 is 5.88. The van der Waals surface area contributed by atoms with Crippen LogP contribution >= 0.6 is 11.6 Å². The third-order valence-corrected chi connectivity index (χ3v) is 4.24. The Bertz CT molecular complexity index is 533. The number of carbonyl (C=O) groups excluding carboxylic acids is 1. The van der Waals surface area contributed by atoms with Crippen molar-refractivity contribution in [2.75, 3.05) is 5.88 Å². The van der Waals surface area contributed by atoms with Gasteiger partial charge < -0.3 is 5.32 Å². The molecule has 1 aromatic rings. The molecule has 20 heavy (non-hydrogen) atoms. The highest BCUT2D eigenvalue weighted by molar-refractivity contribution is 6.18. The minimum Gasteiger partial charge on any atom is -0.349 e. The lowest BCUT2D eigenvalue weighted by molar-refractivity contribution is -0.385. The van der Waals surface area contributed by atoms with Crippen molar-refractivity contribution in [3.8, 4) is 0 Å². The third-order valence-electron chi connectivity index (χ3n) is 3.84. The molecule has 2 unspecified atom stereocenters. The van der Waals surface area contributed by atoms with E-state index >= 15 is 0 Å². The van der Waals surface area contributed by atoms with E-state index in [9.17, 15) is 14.9 Å². The first-order chi connectivity index (χ1) is 9.52. The van der Waals surface area contributed by atoms with Crippen LogP contribution in [0.1, 0.15) is 35.2 Å². The Morgan fingerprint density at radius 3 is 2.90 bits per heavy atom. The van der Waals surface area contributed by atoms with E-state index in [-0.39, 0.29) is 17.6 Å². The second-order valence-electron chi connectivity index (χ2n) is 5.18. The van der Waals surface area contributed by atoms with Gasteiger partial charge in [-0.1, -0.05) is 12.5 Å². The summed E-state index contributed by atoms with van der Waals surface area (Å²) in [5, 5.41) is 13.8. The maximum absolute atomic E-state index is 12.2. The van der Waals surface area contributed by atoms with E-state index in [1.165, 1.54) is 6.07 Å². The van der Waals surface area contributed by atoms with E-state index in [1.54, 1.807) is 19.1 Å². The van der Waals surface area contributed by atoms with E-state index < -0.39 is 4.92 Å². The van der Waals surface area contributed by atoms with Crippen molar-refractivity contribution in [1.29, 1.82) is 0 Å². The average Bonchev–Trinajstić information content (AvgIpc) is 2.86. The maximum atomic E-state index is 12.2. The predicted molar refractivity (Wildman–Crippen MR) is 77.1 cm³/mol. The Morgan fingerprint density at radius 1 is 1.50 bits per heavy atom. The number of benzene rings is 1. The molecule has 0 heterocycles. The van der Waals surface area contributed by atoms with Gasteiger partial charge in [-0.2, -0.15) is 0 Å². The van der Waals surface area contributed by atoms with Gasteiger partial charge in [-0.25, -0.2) is 0 Å². The van der Waals surface area contributed by atoms with Gasteiger partial charge in [-0.3, -0.25) is 14.9 Å². The molecule has 0 bridgehead atoms. The molecular formula is C14H17ClN2O3. The van der Waals surface area contributed by atoms with Gasteiger partial charge in [-0.15, -0.1) is 11.6 Å². The largest absolute Gasteiger partial charge is 0.349 e. The number of nitro groups is 1. The van der Waals surface area contributed by atoms with E-state index in [4.69, 9.17) is 11.6 Å². The molecule has 5 nitrogen and oxygen atoms in total. The number of nitrogens with zero attached hydrogens (tertiary/aromatic N) is 1. The Hall–Kier alpha value is -1.62. The molecule has 2 atom stereocenters. The minimum absolute atomic E-state index is 0.0297. The fourth-order valence-electron chi connectivity index (χ4n) is 2.61. The maximum Gasteiger partial charge on any atom is 0.273 e. The summed E-state index contributed by atoms with van der Waals surface area (Å²) in [5.74, 6) is 0.551. The summed E-state index contributed by atoms with van der Waals surface area (Å²) in [6.45, 7) is 1.65. The molecule has 0 aromatic heterocycles. The van der Waals surface area contributed by atoms with E-state index in [2.05, 4.69) is 5.32 Å². The summed E-state index contributed by atoms with van der Waals surface area (Å²) in [4.78, 5) is 22.6. The van der Waals surface area contributed by atoms with Crippen molar-refractivity contribution >= 4 is 23.2 Å². The predicted octanol–water partition coefficient (Wildman–Crippen LogP) is 3.04. The van der Waals surface area contributed by atoms with E-state index in [0.717, 1.165) is 19.3 Å². The molecule has 0 saturated heterocycles. The summed E-state index contributed by atoms with van der Waals surface area (Å²) < 4.78 is 0. The van der Waals surface area contributed by atoms with Crippen LogP contribution in [0.3, 0.4) is 0 Å². The molecule has 1 N–H and O–H groups in total. The number of nitro benzene ring substituents is 1. The Labute approximate surface area is 122 Å². The monoisotopic (exact) mass is 296 g/mol. The van der Waals surface area contributed by atoms with Gasteiger partial charge in [0.25, 0.3) is 11.6 Å². The zero-order chi connectivity index (χ0) is 14.7. The third kappa shape index (κ3) is 3.10. The van der Waals surface area contributed by atoms with Crippen molar-refractivity contribution in [2.24, 2.45) is 5.92 Å². The first-order valence-corrected chi connectivity index (χ1v) is 7.18. The van der Waals surface area contributed by atoms with Crippen molar-refractivity contribution in [3.05, 3.63) is 39.4 Å². The van der Waals surface area contributed by atoms with Gasteiger partial charge in [0.1, 0.15) is 0 Å². The standard InChI is InChI=1S/C14H17ClN2O3/c1-9-5-6-10(7-13(9)17(19)20)14(18)16-12-4-2-3-11(12)8-15/h5-7,11-12H,2-4,8H2,1H3,(H,16,18). The SMILES string of the molecule is Cc1ccc(C(=O)NC2CCCC2CCl)cc1[N+](=O)[O-]. The summed E-state index contributed by atoms with van der Waals surface area (Å²) in [6, 6.07) is 4.61. The first kappa shape index (κ1) is 14.8. The van der Waals surface area contributed by atoms with Crippen LogP contribution in [0.25, 0.3) is 0 Å². The average molecular weight is 297 g/mol. The topological polar surface area (TPSA) is 72.2 Å². The van der Waals surface area contributed by atoms with Crippen LogP contribution in [0.5, 0.6) is 0 Å². The van der Waals surface area contributed by atoms with Gasteiger partial charge in [0.05, 0.1) is 4.92 Å². The first-order valence-electron chi connectivity index (χ1n) is 6.64. The normalized spacial score (nSPS) is 21.7. The summed E-state index contributed by atoms with van der Waals surface area (Å²) in [7, 11) is 0. The number of hydrogen-bond acceptors (Lipinski definition) is 3. The van der Waals surface area contributed by atoms with Crippen LogP contribution in [-0.2, 0) is 0 Å². The van der Waals surface area contributed by atoms with Gasteiger partial charge in [0, 0.05) is 29.1 Å². The van der Waals surface area contributed by atoms with Crippen LogP contribution < -0.4 is 5.32 Å². The molecule has 0 spiro atoms. The lowest BCUT2D eigenvalue weighted by Gasteiger charge is -2.18. The fraction of sp³-hybridized carbons (Fsp3) is 0.500. The summed E-state index contributed by atoms with van der Waals surface area (Å²) in [6.07, 6.45) is 2.98. The van der Waals surface area contributed by atoms with Crippen LogP contribution in [0.15, 0.2) is 18.2 Å². The molecule has 1 aliphatic rings. The van der Waals surface area contributed by atoms with Crippen LogP contribution in [0.2, 0.25) is 0 Å². The van der Waals surface area contributed by atoms with Gasteiger partial charge in [0.15, 0.2) is 0 Å². The molecule has 1 amide bonds. The quantitative estimate of drug-likeness (QED) is 0.527. The highest BCUT2D eigenvalue weighted by Gasteiger charge is 2.28. The number of halogens is 1. The molecule has 6 heteroatoms. The number of alkyl halides is 1. The van der Waals surface area contributed by atoms with Crippen LogP contribution in [0.4, 0.5) is 5.69 Å². The molecule has 1 saturated carbocycles. The molecule has 2 rings (SSSR count). The molecule has 0 radical (unpaired) electrons. The summed E-state index contributed by atoms with van der Waals surface area (Å²) in [5.41, 5.74) is 0.839. The molecule has 1 aliphatic carbocycles. The van der Waals surface area contributed by atoms with E-state index in [1.807, 2.05) is 0 Å². The highest BCUT2D eigenvalue weighted by atomic mass is 35.5. The Kier molecular flexibility index (Phi) is 4.60. The number of hydrogen-bond donors (Lipinski definition) is 1. The zero-order valence-electron chi connectivity index (χ0n) is 11.3. The van der Waals surface area contributed by atoms with Crippen molar-refractivity contribution in [1.82, 2.24) is 5.32 Å². The minimum atomic E-state index is -0.469. The number of amides is 1. The van der Waals surface area contributed by atoms with Crippen molar-refractivity contribution in [2.45, 2.75) is 32.2 Å². The Balaban J connectivity index is 2.13.